The molecule has 1 aromatic carbocycles. The Labute approximate surface area is 88.2 Å². The molecule has 1 heterocycles. The lowest BCUT2D eigenvalue weighted by Crippen LogP contribution is -2.25. The molecule has 2 rings (SSSR count). The molecule has 0 bridgehead atoms. The van der Waals surface area contributed by atoms with Gasteiger partial charge in [-0.2, -0.15) is 0 Å². The van der Waals surface area contributed by atoms with Gasteiger partial charge in [0.25, 0.3) is 0 Å². The molecule has 0 radical (unpaired) electrons. The van der Waals surface area contributed by atoms with Crippen molar-refractivity contribution in [1.29, 1.82) is 0 Å². The van der Waals surface area contributed by atoms with Crippen LogP contribution in [0.15, 0.2) is 30.5 Å². The highest BCUT2D eigenvalue weighted by atomic mass is 32.2. The maximum Gasteiger partial charge on any atom is 0.182 e. The monoisotopic (exact) mass is 225 g/mol. The van der Waals surface area contributed by atoms with Crippen LogP contribution in [0.25, 0.3) is 4.91 Å². The minimum Gasteiger partial charge on any atom is -0.508 e. The van der Waals surface area contributed by atoms with Gasteiger partial charge in [0, 0.05) is 12.7 Å². The molecule has 4 nitrogen and oxygen atoms in total. The van der Waals surface area contributed by atoms with E-state index in [0.29, 0.717) is 12.1 Å². The summed E-state index contributed by atoms with van der Waals surface area (Å²) in [5.41, 5.74) is 0.597. The molecule has 0 amide bonds. The van der Waals surface area contributed by atoms with Gasteiger partial charge in [0.15, 0.2) is 9.84 Å². The van der Waals surface area contributed by atoms with E-state index in [2.05, 4.69) is 5.32 Å². The van der Waals surface area contributed by atoms with Gasteiger partial charge in [0.1, 0.15) is 5.75 Å². The average Bonchev–Trinajstić information content (AvgIpc) is 2.19. The third-order valence-electron chi connectivity index (χ3n) is 2.24. The van der Waals surface area contributed by atoms with Gasteiger partial charge in [0.05, 0.1) is 10.7 Å². The lowest BCUT2D eigenvalue weighted by atomic mass is 10.2. The van der Waals surface area contributed by atoms with Crippen LogP contribution in [0.1, 0.15) is 5.56 Å². The zero-order valence-corrected chi connectivity index (χ0v) is 8.79. The van der Waals surface area contributed by atoms with Crippen LogP contribution in [-0.4, -0.2) is 25.8 Å². The third-order valence-corrected chi connectivity index (χ3v) is 4.00. The van der Waals surface area contributed by atoms with Gasteiger partial charge in [-0.25, -0.2) is 8.42 Å². The van der Waals surface area contributed by atoms with Crippen LogP contribution in [0.4, 0.5) is 0 Å². The lowest BCUT2D eigenvalue weighted by Gasteiger charge is -2.15. The van der Waals surface area contributed by atoms with Crippen molar-refractivity contribution in [3.05, 3.63) is 36.0 Å². The van der Waals surface area contributed by atoms with Gasteiger partial charge < -0.3 is 10.4 Å². The molecule has 0 atom stereocenters. The molecule has 1 aliphatic heterocycles. The van der Waals surface area contributed by atoms with Crippen LogP contribution in [-0.2, 0) is 9.84 Å². The second-order valence-corrected chi connectivity index (χ2v) is 5.41. The Morgan fingerprint density at radius 2 is 1.87 bits per heavy atom. The summed E-state index contributed by atoms with van der Waals surface area (Å²) in [6, 6.07) is 6.12. The smallest absolute Gasteiger partial charge is 0.182 e. The number of hydrogen-bond donors (Lipinski definition) is 2. The summed E-state index contributed by atoms with van der Waals surface area (Å²) in [5.74, 6) is 0.236. The molecule has 5 heteroatoms. The number of phenols is 1. The molecular weight excluding hydrogens is 214 g/mol. The van der Waals surface area contributed by atoms with Crippen LogP contribution in [0, 0.1) is 0 Å². The second-order valence-electron chi connectivity index (χ2n) is 3.33. The standard InChI is InChI=1S/C10H11NO3S/c12-9-3-1-8(2-4-9)10-7-11-5-6-15(10,13)14/h1-4,7,11-12H,5-6H2. The topological polar surface area (TPSA) is 66.4 Å². The van der Waals surface area contributed by atoms with Crippen molar-refractivity contribution in [2.75, 3.05) is 12.3 Å². The van der Waals surface area contributed by atoms with Gasteiger partial charge >= 0.3 is 0 Å². The summed E-state index contributed by atoms with van der Waals surface area (Å²) in [6.45, 7) is 0.448. The number of phenolic OH excluding ortho intramolecular Hbond substituents is 1. The maximum atomic E-state index is 11.7. The van der Waals surface area contributed by atoms with Crippen molar-refractivity contribution in [2.45, 2.75) is 0 Å². The fourth-order valence-corrected chi connectivity index (χ4v) is 2.81. The number of sulfone groups is 1. The fourth-order valence-electron chi connectivity index (χ4n) is 1.45. The van der Waals surface area contributed by atoms with E-state index >= 15 is 0 Å². The normalized spacial score (nSPS) is 19.1. The van der Waals surface area contributed by atoms with E-state index in [4.69, 9.17) is 5.11 Å². The SMILES string of the molecule is O=S1(=O)CCNC=C1c1ccc(O)cc1. The molecule has 0 aliphatic carbocycles. The number of rotatable bonds is 1. The van der Waals surface area contributed by atoms with Crippen LogP contribution in [0.3, 0.4) is 0 Å². The first kappa shape index (κ1) is 10.0. The van der Waals surface area contributed by atoms with Crippen LogP contribution < -0.4 is 5.32 Å². The van der Waals surface area contributed by atoms with E-state index in [-0.39, 0.29) is 16.4 Å². The molecule has 1 aliphatic rings. The maximum absolute atomic E-state index is 11.7. The van der Waals surface area contributed by atoms with Gasteiger partial charge in [0.2, 0.25) is 0 Å². The second kappa shape index (κ2) is 3.58. The molecule has 0 saturated heterocycles. The zero-order chi connectivity index (χ0) is 10.9. The summed E-state index contributed by atoms with van der Waals surface area (Å²) in [5, 5.41) is 12.0. The molecule has 0 fully saturated rings. The van der Waals surface area contributed by atoms with Crippen LogP contribution in [0.5, 0.6) is 5.75 Å². The molecule has 1 aromatic rings. The highest BCUT2D eigenvalue weighted by molar-refractivity contribution is 8.00. The molecule has 0 saturated carbocycles. The van der Waals surface area contributed by atoms with Crippen molar-refractivity contribution in [3.63, 3.8) is 0 Å². The Kier molecular flexibility index (Phi) is 2.40. The number of aromatic hydroxyl groups is 1. The lowest BCUT2D eigenvalue weighted by molar-refractivity contribution is 0.475. The Morgan fingerprint density at radius 3 is 2.47 bits per heavy atom. The highest BCUT2D eigenvalue weighted by Gasteiger charge is 2.22. The molecule has 2 N–H and O–H groups in total. The summed E-state index contributed by atoms with van der Waals surface area (Å²) < 4.78 is 23.4. The number of nitrogens with one attached hydrogen (secondary N) is 1. The fraction of sp³-hybridized carbons (Fsp3) is 0.200. The predicted molar refractivity (Wildman–Crippen MR) is 57.9 cm³/mol. The predicted octanol–water partition coefficient (Wildman–Crippen LogP) is 0.709. The van der Waals surface area contributed by atoms with Gasteiger partial charge in [-0.3, -0.25) is 0 Å². The van der Waals surface area contributed by atoms with Crippen molar-refractivity contribution < 1.29 is 13.5 Å². The minimum absolute atomic E-state index is 0.111. The van der Waals surface area contributed by atoms with Gasteiger partial charge in [-0.05, 0) is 29.8 Å². The molecule has 80 valence electrons. The number of hydrogen-bond acceptors (Lipinski definition) is 4. The van der Waals surface area contributed by atoms with Crippen molar-refractivity contribution in [2.24, 2.45) is 0 Å². The summed E-state index contributed by atoms with van der Waals surface area (Å²) in [6.07, 6.45) is 1.51. The zero-order valence-electron chi connectivity index (χ0n) is 7.97. The molecule has 15 heavy (non-hydrogen) atoms. The van der Waals surface area contributed by atoms with E-state index in [9.17, 15) is 8.42 Å². The van der Waals surface area contributed by atoms with E-state index in [1.54, 1.807) is 12.1 Å². The summed E-state index contributed by atoms with van der Waals surface area (Å²) in [7, 11) is -3.17. The van der Waals surface area contributed by atoms with Gasteiger partial charge in [-0.1, -0.05) is 0 Å². The first-order valence-corrected chi connectivity index (χ1v) is 6.20. The first-order valence-electron chi connectivity index (χ1n) is 4.55. The molecule has 0 aromatic heterocycles. The Hall–Kier alpha value is -1.49. The molecule has 0 unspecified atom stereocenters. The van der Waals surface area contributed by atoms with E-state index in [0.717, 1.165) is 0 Å². The van der Waals surface area contributed by atoms with Crippen molar-refractivity contribution in [1.82, 2.24) is 5.32 Å². The Balaban J connectivity index is 2.46. The third kappa shape index (κ3) is 1.97. The minimum atomic E-state index is -3.17. The molecule has 0 spiro atoms. The first-order chi connectivity index (χ1) is 7.09. The van der Waals surface area contributed by atoms with Crippen molar-refractivity contribution >= 4 is 14.7 Å². The van der Waals surface area contributed by atoms with Crippen molar-refractivity contribution in [3.8, 4) is 5.75 Å². The summed E-state index contributed by atoms with van der Waals surface area (Å²) >= 11 is 0. The Morgan fingerprint density at radius 1 is 1.20 bits per heavy atom. The molecular formula is C10H11NO3S. The van der Waals surface area contributed by atoms with Crippen LogP contribution in [0.2, 0.25) is 0 Å². The van der Waals surface area contributed by atoms with Gasteiger partial charge in [-0.15, -0.1) is 0 Å². The Bertz CT molecular complexity index is 488. The largest absolute Gasteiger partial charge is 0.508 e. The number of benzene rings is 1. The average molecular weight is 225 g/mol. The summed E-state index contributed by atoms with van der Waals surface area (Å²) in [4.78, 5) is 0.286. The van der Waals surface area contributed by atoms with E-state index in [1.807, 2.05) is 0 Å². The highest BCUT2D eigenvalue weighted by Crippen LogP contribution is 2.24. The van der Waals surface area contributed by atoms with Crippen LogP contribution >= 0.6 is 0 Å². The van der Waals surface area contributed by atoms with E-state index < -0.39 is 9.84 Å². The quantitative estimate of drug-likeness (QED) is 0.738. The van der Waals surface area contributed by atoms with E-state index in [1.165, 1.54) is 18.3 Å².